The number of pyridine rings is 1. The van der Waals surface area contributed by atoms with Crippen LogP contribution in [0.1, 0.15) is 12.0 Å². The molecule has 2 aliphatic rings. The molecule has 4 rings (SSSR count). The van der Waals surface area contributed by atoms with Crippen LogP contribution in [0.4, 0.5) is 20.7 Å². The summed E-state index contributed by atoms with van der Waals surface area (Å²) in [5, 5.41) is 5.73. The van der Waals surface area contributed by atoms with E-state index in [1.807, 2.05) is 29.2 Å². The summed E-state index contributed by atoms with van der Waals surface area (Å²) in [6, 6.07) is 9.75. The van der Waals surface area contributed by atoms with Crippen LogP contribution in [0, 0.1) is 5.82 Å². The molecule has 1 aromatic carbocycles. The number of carbonyl (C=O) groups is 2. The Bertz CT molecular complexity index is 882. The van der Waals surface area contributed by atoms with E-state index in [0.717, 1.165) is 11.3 Å². The van der Waals surface area contributed by atoms with Gasteiger partial charge in [-0.15, -0.1) is 0 Å². The van der Waals surface area contributed by atoms with E-state index in [-0.39, 0.29) is 17.8 Å². The number of fused-ring (bicyclic) bond motifs is 1. The summed E-state index contributed by atoms with van der Waals surface area (Å²) in [7, 11) is 0. The highest BCUT2D eigenvalue weighted by molar-refractivity contribution is 5.98. The molecular weight excluding hydrogens is 361 g/mol. The number of anilines is 2. The topological polar surface area (TPSA) is 77.6 Å². The molecule has 0 radical (unpaired) electrons. The van der Waals surface area contributed by atoms with Crippen LogP contribution in [0.15, 0.2) is 42.6 Å². The highest BCUT2D eigenvalue weighted by atomic mass is 19.1. The number of hydrogen-bond acceptors (Lipinski definition) is 4. The summed E-state index contributed by atoms with van der Waals surface area (Å²) in [5.74, 6) is -0.258. The van der Waals surface area contributed by atoms with E-state index in [4.69, 9.17) is 0 Å². The average molecular weight is 383 g/mol. The van der Waals surface area contributed by atoms with Crippen LogP contribution in [0.5, 0.6) is 0 Å². The first-order chi connectivity index (χ1) is 13.6. The minimum Gasteiger partial charge on any atom is -0.351 e. The van der Waals surface area contributed by atoms with E-state index in [1.165, 1.54) is 6.07 Å². The van der Waals surface area contributed by atoms with Crippen LogP contribution in [-0.2, 0) is 11.2 Å². The number of piperazine rings is 1. The summed E-state index contributed by atoms with van der Waals surface area (Å²) in [5.41, 5.74) is 1.87. The second-order valence-electron chi connectivity index (χ2n) is 6.97. The monoisotopic (exact) mass is 383 g/mol. The fraction of sp³-hybridized carbons (Fsp3) is 0.350. The molecule has 1 aromatic heterocycles. The van der Waals surface area contributed by atoms with Crippen molar-refractivity contribution in [3.05, 3.63) is 54.0 Å². The highest BCUT2D eigenvalue weighted by Gasteiger charge is 2.29. The lowest BCUT2D eigenvalue weighted by Crippen LogP contribution is -2.55. The average Bonchev–Trinajstić information content (AvgIpc) is 2.87. The lowest BCUT2D eigenvalue weighted by molar-refractivity contribution is -0.118. The predicted molar refractivity (Wildman–Crippen MR) is 104 cm³/mol. The molecule has 1 saturated heterocycles. The van der Waals surface area contributed by atoms with Crippen molar-refractivity contribution in [2.45, 2.75) is 18.9 Å². The van der Waals surface area contributed by atoms with Gasteiger partial charge in [0.25, 0.3) is 0 Å². The molecule has 2 aromatic rings. The summed E-state index contributed by atoms with van der Waals surface area (Å²) in [6.45, 7) is 1.86. The minimum atomic E-state index is -0.578. The van der Waals surface area contributed by atoms with Crippen LogP contribution >= 0.6 is 0 Å². The van der Waals surface area contributed by atoms with Crippen molar-refractivity contribution < 1.29 is 14.0 Å². The predicted octanol–water partition coefficient (Wildman–Crippen LogP) is 2.01. The number of rotatable bonds is 2. The van der Waals surface area contributed by atoms with Crippen molar-refractivity contribution in [3.8, 4) is 0 Å². The van der Waals surface area contributed by atoms with Gasteiger partial charge in [0, 0.05) is 38.1 Å². The number of nitrogens with one attached hydrogen (secondary N) is 2. The Morgan fingerprint density at radius 3 is 2.71 bits per heavy atom. The van der Waals surface area contributed by atoms with E-state index in [9.17, 15) is 14.0 Å². The van der Waals surface area contributed by atoms with Gasteiger partial charge in [-0.3, -0.25) is 4.79 Å². The highest BCUT2D eigenvalue weighted by Crippen LogP contribution is 2.22. The molecule has 0 bridgehead atoms. The molecule has 0 spiro atoms. The fourth-order valence-electron chi connectivity index (χ4n) is 3.62. The van der Waals surface area contributed by atoms with Crippen LogP contribution < -0.4 is 15.5 Å². The van der Waals surface area contributed by atoms with Gasteiger partial charge in [-0.1, -0.05) is 18.2 Å². The number of hydrogen-bond donors (Lipinski definition) is 2. The van der Waals surface area contributed by atoms with E-state index >= 15 is 0 Å². The van der Waals surface area contributed by atoms with Crippen molar-refractivity contribution in [2.75, 3.05) is 36.4 Å². The minimum absolute atomic E-state index is 0.201. The Labute approximate surface area is 162 Å². The quantitative estimate of drug-likeness (QED) is 0.832. The molecule has 2 aliphatic heterocycles. The molecule has 8 heteroatoms. The summed E-state index contributed by atoms with van der Waals surface area (Å²) < 4.78 is 13.9. The van der Waals surface area contributed by atoms with E-state index in [1.54, 1.807) is 17.2 Å². The van der Waals surface area contributed by atoms with Gasteiger partial charge in [-0.2, -0.15) is 0 Å². The number of carbonyl (C=O) groups excluding carboxylic acids is 2. The van der Waals surface area contributed by atoms with Gasteiger partial charge in [0.2, 0.25) is 5.91 Å². The number of aromatic nitrogens is 1. The zero-order chi connectivity index (χ0) is 19.5. The fourth-order valence-corrected chi connectivity index (χ4v) is 3.62. The number of halogens is 1. The number of aryl methyl sites for hydroxylation is 1. The SMILES string of the molecule is O=C1Nc2ccccc2CCC1NC(=O)N1CCN(c2ncccc2F)CC1. The molecule has 3 heterocycles. The number of amides is 3. The van der Waals surface area contributed by atoms with Gasteiger partial charge in [-0.05, 0) is 36.6 Å². The van der Waals surface area contributed by atoms with Crippen LogP contribution in [0.3, 0.4) is 0 Å². The molecule has 7 nitrogen and oxygen atoms in total. The zero-order valence-electron chi connectivity index (χ0n) is 15.4. The van der Waals surface area contributed by atoms with Crippen LogP contribution in [0.2, 0.25) is 0 Å². The molecule has 146 valence electrons. The third kappa shape index (κ3) is 3.76. The second-order valence-corrected chi connectivity index (χ2v) is 6.97. The molecule has 1 atom stereocenters. The largest absolute Gasteiger partial charge is 0.351 e. The van der Waals surface area contributed by atoms with Gasteiger partial charge < -0.3 is 20.4 Å². The normalized spacial score (nSPS) is 19.5. The number of para-hydroxylation sites is 1. The van der Waals surface area contributed by atoms with Crippen molar-refractivity contribution in [3.63, 3.8) is 0 Å². The van der Waals surface area contributed by atoms with Crippen molar-refractivity contribution >= 4 is 23.4 Å². The van der Waals surface area contributed by atoms with Crippen molar-refractivity contribution in [1.29, 1.82) is 0 Å². The maximum absolute atomic E-state index is 13.9. The molecule has 1 unspecified atom stereocenters. The Balaban J connectivity index is 1.34. The Kier molecular flexibility index (Phi) is 5.10. The third-order valence-corrected chi connectivity index (χ3v) is 5.20. The van der Waals surface area contributed by atoms with Gasteiger partial charge in [0.15, 0.2) is 11.6 Å². The number of nitrogens with zero attached hydrogens (tertiary/aromatic N) is 3. The molecular formula is C20H22FN5O2. The molecule has 0 saturated carbocycles. The van der Waals surface area contributed by atoms with E-state index < -0.39 is 6.04 Å². The van der Waals surface area contributed by atoms with Gasteiger partial charge in [0.05, 0.1) is 0 Å². The van der Waals surface area contributed by atoms with Crippen molar-refractivity contribution in [2.24, 2.45) is 0 Å². The van der Waals surface area contributed by atoms with Crippen molar-refractivity contribution in [1.82, 2.24) is 15.2 Å². The van der Waals surface area contributed by atoms with Crippen LogP contribution in [-0.4, -0.2) is 54.0 Å². The lowest BCUT2D eigenvalue weighted by Gasteiger charge is -2.36. The summed E-state index contributed by atoms with van der Waals surface area (Å²) >= 11 is 0. The molecule has 1 fully saturated rings. The standard InChI is InChI=1S/C20H22FN5O2/c21-15-5-3-9-22-18(15)25-10-12-26(13-11-25)20(28)24-17-8-7-14-4-1-2-6-16(14)23-19(17)27/h1-6,9,17H,7-8,10-13H2,(H,23,27)(H,24,28). The maximum atomic E-state index is 13.9. The molecule has 0 aliphatic carbocycles. The Hall–Kier alpha value is -3.16. The first-order valence-corrected chi connectivity index (χ1v) is 9.41. The summed E-state index contributed by atoms with van der Waals surface area (Å²) in [6.07, 6.45) is 2.82. The number of urea groups is 1. The lowest BCUT2D eigenvalue weighted by atomic mass is 10.1. The van der Waals surface area contributed by atoms with Gasteiger partial charge in [-0.25, -0.2) is 14.2 Å². The van der Waals surface area contributed by atoms with E-state index in [2.05, 4.69) is 15.6 Å². The Morgan fingerprint density at radius 1 is 1.14 bits per heavy atom. The maximum Gasteiger partial charge on any atom is 0.318 e. The zero-order valence-corrected chi connectivity index (χ0v) is 15.4. The number of benzene rings is 1. The third-order valence-electron chi connectivity index (χ3n) is 5.20. The first-order valence-electron chi connectivity index (χ1n) is 9.41. The first kappa shape index (κ1) is 18.2. The van der Waals surface area contributed by atoms with Crippen LogP contribution in [0.25, 0.3) is 0 Å². The second kappa shape index (κ2) is 7.84. The molecule has 3 amide bonds. The van der Waals surface area contributed by atoms with Gasteiger partial charge >= 0.3 is 6.03 Å². The molecule has 2 N–H and O–H groups in total. The smallest absolute Gasteiger partial charge is 0.318 e. The Morgan fingerprint density at radius 2 is 1.93 bits per heavy atom. The van der Waals surface area contributed by atoms with E-state index in [0.29, 0.717) is 44.8 Å². The van der Waals surface area contributed by atoms with Gasteiger partial charge in [0.1, 0.15) is 6.04 Å². The summed E-state index contributed by atoms with van der Waals surface area (Å²) in [4.78, 5) is 32.7. The molecule has 28 heavy (non-hydrogen) atoms.